The lowest BCUT2D eigenvalue weighted by molar-refractivity contribution is -0.186. The van der Waals surface area contributed by atoms with Crippen molar-refractivity contribution in [3.8, 4) is 5.75 Å². The van der Waals surface area contributed by atoms with Crippen molar-refractivity contribution in [2.45, 2.75) is 18.3 Å². The number of benzene rings is 1. The molecule has 1 aromatic carbocycles. The molecule has 0 bridgehead atoms. The molecule has 3 rings (SSSR count). The number of para-hydroxylation sites is 1. The number of aliphatic hydroxyl groups is 1. The molecule has 4 heteroatoms. The summed E-state index contributed by atoms with van der Waals surface area (Å²) in [5, 5.41) is 10.1. The van der Waals surface area contributed by atoms with Crippen molar-refractivity contribution >= 4 is 0 Å². The summed E-state index contributed by atoms with van der Waals surface area (Å²) >= 11 is 0. The van der Waals surface area contributed by atoms with E-state index in [1.54, 1.807) is 0 Å². The van der Waals surface area contributed by atoms with Gasteiger partial charge in [0.05, 0.1) is 13.2 Å². The van der Waals surface area contributed by atoms with Crippen LogP contribution in [0.2, 0.25) is 0 Å². The van der Waals surface area contributed by atoms with Crippen molar-refractivity contribution in [1.82, 2.24) is 0 Å². The maximum Gasteiger partial charge on any atom is 0.125 e. The van der Waals surface area contributed by atoms with E-state index in [0.717, 1.165) is 11.3 Å². The molecule has 1 fully saturated rings. The van der Waals surface area contributed by atoms with Gasteiger partial charge in [-0.25, -0.2) is 0 Å². The number of aliphatic hydroxyl groups excluding tert-OH is 1. The zero-order valence-corrected chi connectivity index (χ0v) is 8.83. The number of ether oxygens (including phenoxy) is 3. The zero-order chi connectivity index (χ0) is 11.0. The minimum atomic E-state index is -0.606. The van der Waals surface area contributed by atoms with Gasteiger partial charge in [-0.05, 0) is 6.07 Å². The molecule has 16 heavy (non-hydrogen) atoms. The van der Waals surface area contributed by atoms with Gasteiger partial charge in [0.2, 0.25) is 0 Å². The van der Waals surface area contributed by atoms with Crippen LogP contribution < -0.4 is 4.74 Å². The van der Waals surface area contributed by atoms with Crippen molar-refractivity contribution in [2.24, 2.45) is 0 Å². The Morgan fingerprint density at radius 1 is 1.19 bits per heavy atom. The van der Waals surface area contributed by atoms with Crippen LogP contribution in [0.25, 0.3) is 0 Å². The lowest BCUT2D eigenvalue weighted by Gasteiger charge is -2.35. The normalized spacial score (nSPS) is 29.1. The summed E-state index contributed by atoms with van der Waals surface area (Å²) in [6.07, 6.45) is -0.789. The molecule has 0 spiro atoms. The van der Waals surface area contributed by atoms with Crippen LogP contribution in [-0.2, 0) is 9.47 Å². The van der Waals surface area contributed by atoms with Gasteiger partial charge in [0.1, 0.15) is 30.7 Å². The average molecular weight is 222 g/mol. The van der Waals surface area contributed by atoms with Crippen molar-refractivity contribution in [3.05, 3.63) is 29.8 Å². The Balaban J connectivity index is 1.75. The lowest BCUT2D eigenvalue weighted by atomic mass is 10.0. The fourth-order valence-electron chi connectivity index (χ4n) is 1.97. The standard InChI is InChI=1S/C12H14O4/c13-12-9-3-1-2-4-10(9)15-7-11(12)16-8-5-14-6-8/h1-4,8,11-13H,5-7H2. The molecule has 2 unspecified atom stereocenters. The molecule has 0 aromatic heterocycles. The fraction of sp³-hybridized carbons (Fsp3) is 0.500. The number of hydrogen-bond acceptors (Lipinski definition) is 4. The number of fused-ring (bicyclic) bond motifs is 1. The van der Waals surface area contributed by atoms with Crippen LogP contribution >= 0.6 is 0 Å². The summed E-state index contributed by atoms with van der Waals surface area (Å²) < 4.78 is 16.3. The molecule has 2 heterocycles. The summed E-state index contributed by atoms with van der Waals surface area (Å²) in [7, 11) is 0. The maximum atomic E-state index is 10.1. The Labute approximate surface area is 93.7 Å². The molecule has 0 saturated carbocycles. The van der Waals surface area contributed by atoms with Crippen LogP contribution in [-0.4, -0.2) is 37.1 Å². The van der Waals surface area contributed by atoms with E-state index in [1.807, 2.05) is 24.3 Å². The Hall–Kier alpha value is -1.10. The fourth-order valence-corrected chi connectivity index (χ4v) is 1.97. The number of rotatable bonds is 2. The quantitative estimate of drug-likeness (QED) is 0.807. The minimum Gasteiger partial charge on any atom is -0.490 e. The van der Waals surface area contributed by atoms with Crippen molar-refractivity contribution in [1.29, 1.82) is 0 Å². The van der Waals surface area contributed by atoms with E-state index < -0.39 is 6.10 Å². The van der Waals surface area contributed by atoms with Crippen LogP contribution in [0.4, 0.5) is 0 Å². The largest absolute Gasteiger partial charge is 0.490 e. The summed E-state index contributed by atoms with van der Waals surface area (Å²) in [5.74, 6) is 0.750. The molecule has 0 radical (unpaired) electrons. The van der Waals surface area contributed by atoms with Crippen LogP contribution in [0.3, 0.4) is 0 Å². The van der Waals surface area contributed by atoms with Gasteiger partial charge in [-0.2, -0.15) is 0 Å². The highest BCUT2D eigenvalue weighted by Gasteiger charge is 2.33. The van der Waals surface area contributed by atoms with Crippen molar-refractivity contribution in [3.63, 3.8) is 0 Å². The summed E-state index contributed by atoms with van der Waals surface area (Å²) in [5.41, 5.74) is 0.805. The highest BCUT2D eigenvalue weighted by atomic mass is 16.6. The van der Waals surface area contributed by atoms with Crippen molar-refractivity contribution < 1.29 is 19.3 Å². The van der Waals surface area contributed by atoms with Gasteiger partial charge in [-0.1, -0.05) is 18.2 Å². The zero-order valence-electron chi connectivity index (χ0n) is 8.83. The third-order valence-corrected chi connectivity index (χ3v) is 2.97. The first-order valence-electron chi connectivity index (χ1n) is 5.47. The summed E-state index contributed by atoms with van der Waals surface area (Å²) in [6.45, 7) is 1.63. The van der Waals surface area contributed by atoms with Crippen molar-refractivity contribution in [2.75, 3.05) is 19.8 Å². The molecular weight excluding hydrogens is 208 g/mol. The SMILES string of the molecule is OC1c2ccccc2OCC1OC1COC1. The molecule has 86 valence electrons. The molecule has 0 amide bonds. The van der Waals surface area contributed by atoms with E-state index in [-0.39, 0.29) is 12.2 Å². The average Bonchev–Trinajstić information content (AvgIpc) is 2.26. The van der Waals surface area contributed by atoms with E-state index in [4.69, 9.17) is 14.2 Å². The minimum absolute atomic E-state index is 0.105. The van der Waals surface area contributed by atoms with Gasteiger partial charge in [0.25, 0.3) is 0 Å². The van der Waals surface area contributed by atoms with Gasteiger partial charge in [-0.15, -0.1) is 0 Å². The topological polar surface area (TPSA) is 47.9 Å². The molecular formula is C12H14O4. The van der Waals surface area contributed by atoms with Gasteiger partial charge in [0.15, 0.2) is 0 Å². The highest BCUT2D eigenvalue weighted by molar-refractivity contribution is 5.37. The first-order chi connectivity index (χ1) is 7.84. The molecule has 0 aliphatic carbocycles. The maximum absolute atomic E-state index is 10.1. The van der Waals surface area contributed by atoms with Crippen LogP contribution in [0.15, 0.2) is 24.3 Å². The molecule has 1 N–H and O–H groups in total. The first-order valence-corrected chi connectivity index (χ1v) is 5.47. The molecule has 1 aromatic rings. The van der Waals surface area contributed by atoms with Gasteiger partial charge in [0, 0.05) is 5.56 Å². The monoisotopic (exact) mass is 222 g/mol. The summed E-state index contributed by atoms with van der Waals surface area (Å²) in [6, 6.07) is 7.51. The molecule has 2 aliphatic heterocycles. The molecule has 2 atom stereocenters. The van der Waals surface area contributed by atoms with E-state index in [9.17, 15) is 5.11 Å². The smallest absolute Gasteiger partial charge is 0.125 e. The second-order valence-electron chi connectivity index (χ2n) is 4.13. The predicted octanol–water partition coefficient (Wildman–Crippen LogP) is 0.896. The van der Waals surface area contributed by atoms with E-state index in [2.05, 4.69) is 0 Å². The van der Waals surface area contributed by atoms with E-state index in [0.29, 0.717) is 19.8 Å². The van der Waals surface area contributed by atoms with Crippen LogP contribution in [0.1, 0.15) is 11.7 Å². The molecule has 1 saturated heterocycles. The van der Waals surface area contributed by atoms with Gasteiger partial charge < -0.3 is 19.3 Å². The van der Waals surface area contributed by atoms with Crippen LogP contribution in [0, 0.1) is 0 Å². The van der Waals surface area contributed by atoms with Crippen LogP contribution in [0.5, 0.6) is 5.75 Å². The predicted molar refractivity (Wildman–Crippen MR) is 56.4 cm³/mol. The highest BCUT2D eigenvalue weighted by Crippen LogP contribution is 2.33. The molecule has 2 aliphatic rings. The number of hydrogen-bond donors (Lipinski definition) is 1. The first kappa shape index (κ1) is 10.1. The second-order valence-corrected chi connectivity index (χ2v) is 4.13. The Kier molecular flexibility index (Phi) is 2.55. The Morgan fingerprint density at radius 2 is 2.00 bits per heavy atom. The lowest BCUT2D eigenvalue weighted by Crippen LogP contribution is -2.44. The third kappa shape index (κ3) is 1.69. The third-order valence-electron chi connectivity index (χ3n) is 2.97. The van der Waals surface area contributed by atoms with Gasteiger partial charge in [-0.3, -0.25) is 0 Å². The Bertz CT molecular complexity index is 375. The van der Waals surface area contributed by atoms with E-state index in [1.165, 1.54) is 0 Å². The Morgan fingerprint density at radius 3 is 2.75 bits per heavy atom. The summed E-state index contributed by atoms with van der Waals surface area (Å²) in [4.78, 5) is 0. The van der Waals surface area contributed by atoms with Gasteiger partial charge >= 0.3 is 0 Å². The van der Waals surface area contributed by atoms with E-state index >= 15 is 0 Å². The second kappa shape index (κ2) is 4.05. The molecule has 4 nitrogen and oxygen atoms in total.